The topological polar surface area (TPSA) is 73.4 Å². The molecule has 0 spiro atoms. The van der Waals surface area contributed by atoms with Crippen molar-refractivity contribution in [3.05, 3.63) is 77.7 Å². The second kappa shape index (κ2) is 8.06. The molecule has 6 rings (SSSR count). The highest BCUT2D eigenvalue weighted by Gasteiger charge is 2.32. The van der Waals surface area contributed by atoms with Gasteiger partial charge in [0, 0.05) is 47.3 Å². The van der Waals surface area contributed by atoms with Crippen LogP contribution in [0.1, 0.15) is 43.2 Å². The maximum Gasteiger partial charge on any atom is 0.145 e. The summed E-state index contributed by atoms with van der Waals surface area (Å²) in [4.78, 5) is 10.2. The van der Waals surface area contributed by atoms with Gasteiger partial charge in [-0.2, -0.15) is 0 Å². The monoisotopic (exact) mass is 454 g/mol. The Hall–Kier alpha value is -3.51. The zero-order valence-corrected chi connectivity index (χ0v) is 19.6. The third-order valence-electron chi connectivity index (χ3n) is 6.94. The van der Waals surface area contributed by atoms with Crippen LogP contribution in [-0.2, 0) is 12.8 Å². The van der Waals surface area contributed by atoms with E-state index in [4.69, 9.17) is 4.74 Å². The molecule has 174 valence electrons. The minimum atomic E-state index is -0.463. The van der Waals surface area contributed by atoms with Gasteiger partial charge in [0.15, 0.2) is 0 Å². The van der Waals surface area contributed by atoms with Gasteiger partial charge in [0.05, 0.1) is 24.0 Å². The smallest absolute Gasteiger partial charge is 0.145 e. The zero-order valence-electron chi connectivity index (χ0n) is 19.6. The van der Waals surface area contributed by atoms with Gasteiger partial charge in [-0.05, 0) is 68.5 Å². The Balaban J connectivity index is 1.25. The van der Waals surface area contributed by atoms with Gasteiger partial charge < -0.3 is 25.0 Å². The van der Waals surface area contributed by atoms with Crippen molar-refractivity contribution in [3.63, 3.8) is 0 Å². The third-order valence-corrected chi connectivity index (χ3v) is 6.94. The van der Waals surface area contributed by atoms with E-state index in [2.05, 4.69) is 82.7 Å². The molecule has 0 saturated heterocycles. The summed E-state index contributed by atoms with van der Waals surface area (Å²) in [5.74, 6) is 0.894. The number of H-pyrrole nitrogens is 1. The maximum atomic E-state index is 10.2. The van der Waals surface area contributed by atoms with Crippen molar-refractivity contribution in [2.75, 3.05) is 23.3 Å². The predicted octanol–water partition coefficient (Wildman–Crippen LogP) is 5.51. The normalized spacial score (nSPS) is 18.4. The van der Waals surface area contributed by atoms with Crippen molar-refractivity contribution >= 4 is 28.0 Å². The summed E-state index contributed by atoms with van der Waals surface area (Å²) in [6.45, 7) is 6.05. The van der Waals surface area contributed by atoms with Gasteiger partial charge in [-0.1, -0.05) is 18.2 Å². The molecule has 34 heavy (non-hydrogen) atoms. The second-order valence-electron chi connectivity index (χ2n) is 9.98. The lowest BCUT2D eigenvalue weighted by molar-refractivity contribution is 0.105. The number of anilines is 3. The number of para-hydroxylation sites is 1. The maximum absolute atomic E-state index is 10.2. The summed E-state index contributed by atoms with van der Waals surface area (Å²) in [5, 5.41) is 15.0. The van der Waals surface area contributed by atoms with E-state index >= 15 is 0 Å². The van der Waals surface area contributed by atoms with E-state index in [1.165, 1.54) is 16.5 Å². The molecule has 6 nitrogen and oxygen atoms in total. The highest BCUT2D eigenvalue weighted by atomic mass is 16.5. The van der Waals surface area contributed by atoms with Crippen LogP contribution in [0.15, 0.2) is 60.9 Å². The largest absolute Gasteiger partial charge is 0.484 e. The average molecular weight is 455 g/mol. The highest BCUT2D eigenvalue weighted by Crippen LogP contribution is 2.41. The first kappa shape index (κ1) is 21.1. The first-order valence-electron chi connectivity index (χ1n) is 12.0. The molecule has 2 aromatic heterocycles. The van der Waals surface area contributed by atoms with E-state index in [0.717, 1.165) is 66.4 Å². The van der Waals surface area contributed by atoms with Gasteiger partial charge in [0.2, 0.25) is 0 Å². The van der Waals surface area contributed by atoms with Gasteiger partial charge in [-0.15, -0.1) is 0 Å². The summed E-state index contributed by atoms with van der Waals surface area (Å²) in [6.07, 6.45) is 5.96. The lowest BCUT2D eigenvalue weighted by Crippen LogP contribution is -2.47. The molecule has 3 N–H and O–H groups in total. The van der Waals surface area contributed by atoms with E-state index < -0.39 is 6.10 Å². The number of aliphatic hydroxyl groups excluding tert-OH is 1. The van der Waals surface area contributed by atoms with Crippen LogP contribution in [0.5, 0.6) is 5.75 Å². The first-order valence-corrected chi connectivity index (χ1v) is 12.0. The first-order chi connectivity index (χ1) is 16.5. The van der Waals surface area contributed by atoms with Crippen molar-refractivity contribution in [2.45, 2.75) is 44.8 Å². The number of aliphatic hydroxyl groups is 1. The van der Waals surface area contributed by atoms with Crippen molar-refractivity contribution in [3.8, 4) is 5.75 Å². The fraction of sp³-hybridized carbons (Fsp3) is 0.321. The number of aromatic amines is 1. The molecule has 3 heterocycles. The molecule has 0 radical (unpaired) electrons. The Morgan fingerprint density at radius 3 is 3.00 bits per heavy atom. The number of rotatable bonds is 5. The molecule has 1 aliphatic heterocycles. The SMILES string of the molecule is CC1(C)CN(CCc2c[nH]c3ccccc23)c2ccc(Nc3ccnc4c3CCC4O)cc2O1. The number of pyridine rings is 1. The average Bonchev–Trinajstić information content (AvgIpc) is 3.41. The number of aromatic nitrogens is 2. The zero-order chi connectivity index (χ0) is 23.3. The van der Waals surface area contributed by atoms with Gasteiger partial charge >= 0.3 is 0 Å². The van der Waals surface area contributed by atoms with Gasteiger partial charge in [-0.25, -0.2) is 0 Å². The summed E-state index contributed by atoms with van der Waals surface area (Å²) in [7, 11) is 0. The van der Waals surface area contributed by atoms with Gasteiger partial charge in [-0.3, -0.25) is 4.98 Å². The van der Waals surface area contributed by atoms with E-state index in [1.54, 1.807) is 6.20 Å². The molecule has 2 aliphatic rings. The minimum Gasteiger partial charge on any atom is -0.484 e. The summed E-state index contributed by atoms with van der Waals surface area (Å²) >= 11 is 0. The van der Waals surface area contributed by atoms with E-state index in [9.17, 15) is 5.11 Å². The van der Waals surface area contributed by atoms with Crippen molar-refractivity contribution in [2.24, 2.45) is 0 Å². The van der Waals surface area contributed by atoms with Crippen LogP contribution in [0.3, 0.4) is 0 Å². The molecule has 0 fully saturated rings. The molecule has 0 saturated carbocycles. The quantitative estimate of drug-likeness (QED) is 0.371. The molecule has 1 aliphatic carbocycles. The van der Waals surface area contributed by atoms with Crippen LogP contribution in [0.25, 0.3) is 10.9 Å². The molecule has 4 aromatic rings. The number of fused-ring (bicyclic) bond motifs is 3. The van der Waals surface area contributed by atoms with E-state index in [-0.39, 0.29) is 5.60 Å². The number of nitrogens with one attached hydrogen (secondary N) is 2. The molecule has 0 bridgehead atoms. The summed E-state index contributed by atoms with van der Waals surface area (Å²) in [6, 6.07) is 16.8. The van der Waals surface area contributed by atoms with Crippen molar-refractivity contribution in [1.82, 2.24) is 9.97 Å². The molecular weight excluding hydrogens is 424 g/mol. The van der Waals surface area contributed by atoms with Crippen LogP contribution in [0.4, 0.5) is 17.1 Å². The minimum absolute atomic E-state index is 0.284. The Morgan fingerprint density at radius 1 is 1.21 bits per heavy atom. The van der Waals surface area contributed by atoms with Crippen LogP contribution in [0.2, 0.25) is 0 Å². The number of benzene rings is 2. The number of hydrogen-bond acceptors (Lipinski definition) is 5. The van der Waals surface area contributed by atoms with Crippen LogP contribution in [-0.4, -0.2) is 33.8 Å². The fourth-order valence-electron chi connectivity index (χ4n) is 5.35. The van der Waals surface area contributed by atoms with E-state index in [0.29, 0.717) is 0 Å². The standard InChI is InChI=1S/C28H30N4O2/c1-28(2)17-32(14-12-18-16-30-22-6-4-3-5-20(18)22)24-9-7-19(15-26(24)34-28)31-23-11-13-29-27-21(23)8-10-25(27)33/h3-7,9,11,13,15-16,25,30,33H,8,10,12,14,17H2,1-2H3,(H,29,31). The van der Waals surface area contributed by atoms with Crippen LogP contribution in [0, 0.1) is 0 Å². The Kier molecular flexibility index (Phi) is 4.99. The van der Waals surface area contributed by atoms with Gasteiger partial charge in [0.1, 0.15) is 11.4 Å². The molecule has 6 heteroatoms. The summed E-state index contributed by atoms with van der Waals surface area (Å²) < 4.78 is 6.40. The predicted molar refractivity (Wildman–Crippen MR) is 136 cm³/mol. The van der Waals surface area contributed by atoms with Crippen molar-refractivity contribution < 1.29 is 9.84 Å². The Bertz CT molecular complexity index is 1360. The molecule has 0 amide bonds. The number of ether oxygens (including phenoxy) is 1. The van der Waals surface area contributed by atoms with Crippen LogP contribution < -0.4 is 15.0 Å². The van der Waals surface area contributed by atoms with E-state index in [1.807, 2.05) is 6.07 Å². The summed E-state index contributed by atoms with van der Waals surface area (Å²) in [5.41, 5.74) is 7.25. The number of hydrogen-bond donors (Lipinski definition) is 3. The molecule has 1 unspecified atom stereocenters. The van der Waals surface area contributed by atoms with Crippen molar-refractivity contribution in [1.29, 1.82) is 0 Å². The second-order valence-corrected chi connectivity index (χ2v) is 9.98. The highest BCUT2D eigenvalue weighted by molar-refractivity contribution is 5.83. The lowest BCUT2D eigenvalue weighted by atomic mass is 10.0. The number of nitrogens with zero attached hydrogens (tertiary/aromatic N) is 2. The van der Waals surface area contributed by atoms with Crippen LogP contribution >= 0.6 is 0 Å². The molecular formula is C28H30N4O2. The molecule has 1 atom stereocenters. The van der Waals surface area contributed by atoms with Gasteiger partial charge in [0.25, 0.3) is 0 Å². The fourth-order valence-corrected chi connectivity index (χ4v) is 5.35. The lowest BCUT2D eigenvalue weighted by Gasteiger charge is -2.41. The molecule has 2 aromatic carbocycles. The third kappa shape index (κ3) is 3.78. The Labute approximate surface area is 199 Å². The Morgan fingerprint density at radius 2 is 2.09 bits per heavy atom.